The van der Waals surface area contributed by atoms with E-state index in [1.54, 1.807) is 18.9 Å². The second-order valence-electron chi connectivity index (χ2n) is 4.07. The highest BCUT2D eigenvalue weighted by Gasteiger charge is 2.02. The molecular weight excluding hydrogens is 290 g/mol. The Morgan fingerprint density at radius 3 is 2.71 bits per heavy atom. The van der Waals surface area contributed by atoms with Crippen LogP contribution in [-0.2, 0) is 0 Å². The van der Waals surface area contributed by atoms with Crippen LogP contribution in [0.25, 0.3) is 5.65 Å². The Morgan fingerprint density at radius 1 is 1.10 bits per heavy atom. The number of nitrogens with zero attached hydrogens (tertiary/aromatic N) is 5. The smallest absolute Gasteiger partial charge is 0.200 e. The molecule has 0 aliphatic carbocycles. The number of tetrazole rings is 1. The van der Waals surface area contributed by atoms with Gasteiger partial charge in [0, 0.05) is 5.75 Å². The first-order valence-electron chi connectivity index (χ1n) is 6.30. The molecule has 21 heavy (non-hydrogen) atoms. The van der Waals surface area contributed by atoms with Gasteiger partial charge in [-0.2, -0.15) is 0 Å². The third-order valence-electron chi connectivity index (χ3n) is 2.71. The van der Waals surface area contributed by atoms with Crippen molar-refractivity contribution < 1.29 is 9.47 Å². The van der Waals surface area contributed by atoms with Crippen LogP contribution in [0.3, 0.4) is 0 Å². The molecule has 8 heteroatoms. The van der Waals surface area contributed by atoms with Crippen molar-refractivity contribution in [3.05, 3.63) is 36.4 Å². The number of fused-ring (bicyclic) bond motifs is 1. The predicted octanol–water partition coefficient (Wildman–Crippen LogP) is 1.70. The van der Waals surface area contributed by atoms with E-state index in [1.807, 2.05) is 36.4 Å². The van der Waals surface area contributed by atoms with E-state index < -0.39 is 0 Å². The summed E-state index contributed by atoms with van der Waals surface area (Å²) in [5.41, 5.74) is 0.633. The molecule has 0 N–H and O–H groups in total. The van der Waals surface area contributed by atoms with Crippen molar-refractivity contribution >= 4 is 17.4 Å². The van der Waals surface area contributed by atoms with Gasteiger partial charge >= 0.3 is 0 Å². The van der Waals surface area contributed by atoms with Crippen LogP contribution < -0.4 is 9.47 Å². The Hall–Kier alpha value is -2.35. The first kappa shape index (κ1) is 13.6. The van der Waals surface area contributed by atoms with Crippen LogP contribution >= 0.6 is 11.8 Å². The first-order valence-corrected chi connectivity index (χ1v) is 7.29. The zero-order chi connectivity index (χ0) is 14.5. The van der Waals surface area contributed by atoms with Crippen LogP contribution in [-0.4, -0.2) is 44.7 Å². The van der Waals surface area contributed by atoms with Gasteiger partial charge in [-0.3, -0.25) is 0 Å². The van der Waals surface area contributed by atoms with Crippen molar-refractivity contribution in [1.82, 2.24) is 25.3 Å². The molecule has 0 radical (unpaired) electrons. The minimum absolute atomic E-state index is 0.590. The minimum Gasteiger partial charge on any atom is -0.497 e. The molecule has 0 saturated heterocycles. The third-order valence-corrected chi connectivity index (χ3v) is 3.59. The average Bonchev–Trinajstić information content (AvgIpc) is 3.00. The minimum atomic E-state index is 0.590. The normalized spacial score (nSPS) is 10.7. The second-order valence-corrected chi connectivity index (χ2v) is 5.19. The van der Waals surface area contributed by atoms with Gasteiger partial charge in [-0.15, -0.1) is 26.6 Å². The molecule has 0 aliphatic rings. The predicted molar refractivity (Wildman–Crippen MR) is 77.8 cm³/mol. The fourth-order valence-corrected chi connectivity index (χ4v) is 2.36. The van der Waals surface area contributed by atoms with Gasteiger partial charge in [-0.25, -0.2) is 0 Å². The number of benzene rings is 1. The fraction of sp³-hybridized carbons (Fsp3) is 0.231. The van der Waals surface area contributed by atoms with Crippen molar-refractivity contribution in [3.63, 3.8) is 0 Å². The Bertz CT molecular complexity index is 716. The van der Waals surface area contributed by atoms with Crippen molar-refractivity contribution in [2.45, 2.75) is 5.03 Å². The largest absolute Gasteiger partial charge is 0.497 e. The van der Waals surface area contributed by atoms with Crippen LogP contribution in [0.4, 0.5) is 0 Å². The van der Waals surface area contributed by atoms with E-state index in [0.29, 0.717) is 12.3 Å². The summed E-state index contributed by atoms with van der Waals surface area (Å²) in [6.07, 6.45) is 0. The summed E-state index contributed by atoms with van der Waals surface area (Å²) in [5.74, 6) is 2.42. The molecule has 0 amide bonds. The number of aromatic nitrogens is 5. The number of hydrogen-bond donors (Lipinski definition) is 0. The standard InChI is InChI=1S/C13H13N5O2S/c1-19-10-2-4-11(5-3-10)20-8-9-21-13-7-6-12-14-16-17-18(12)15-13/h2-7H,8-9H2,1H3. The monoisotopic (exact) mass is 303 g/mol. The highest BCUT2D eigenvalue weighted by molar-refractivity contribution is 7.99. The quantitative estimate of drug-likeness (QED) is 0.507. The van der Waals surface area contributed by atoms with Crippen molar-refractivity contribution in [3.8, 4) is 11.5 Å². The molecule has 0 bridgehead atoms. The molecule has 0 fully saturated rings. The fourth-order valence-electron chi connectivity index (χ4n) is 1.69. The van der Waals surface area contributed by atoms with Gasteiger partial charge in [-0.1, -0.05) is 0 Å². The zero-order valence-corrected chi connectivity index (χ0v) is 12.2. The Balaban J connectivity index is 1.48. The van der Waals surface area contributed by atoms with E-state index in [0.717, 1.165) is 22.3 Å². The molecule has 3 rings (SSSR count). The lowest BCUT2D eigenvalue weighted by Crippen LogP contribution is -2.01. The lowest BCUT2D eigenvalue weighted by atomic mass is 10.3. The average molecular weight is 303 g/mol. The Morgan fingerprint density at radius 2 is 1.90 bits per heavy atom. The third kappa shape index (κ3) is 3.40. The van der Waals surface area contributed by atoms with E-state index in [-0.39, 0.29) is 0 Å². The van der Waals surface area contributed by atoms with Crippen LogP contribution in [0.15, 0.2) is 41.4 Å². The highest BCUT2D eigenvalue weighted by atomic mass is 32.2. The van der Waals surface area contributed by atoms with Crippen LogP contribution in [0.2, 0.25) is 0 Å². The van der Waals surface area contributed by atoms with Crippen LogP contribution in [0.1, 0.15) is 0 Å². The molecule has 3 aromatic rings. The molecule has 7 nitrogen and oxygen atoms in total. The summed E-state index contributed by atoms with van der Waals surface area (Å²) in [6, 6.07) is 11.2. The van der Waals surface area contributed by atoms with E-state index in [1.165, 1.54) is 4.63 Å². The van der Waals surface area contributed by atoms with Crippen LogP contribution in [0, 0.1) is 0 Å². The Kier molecular flexibility index (Phi) is 4.15. The molecule has 2 heterocycles. The molecule has 0 unspecified atom stereocenters. The van der Waals surface area contributed by atoms with Gasteiger partial charge in [0.1, 0.15) is 16.5 Å². The molecule has 2 aromatic heterocycles. The van der Waals surface area contributed by atoms with E-state index in [4.69, 9.17) is 9.47 Å². The maximum absolute atomic E-state index is 5.65. The molecule has 1 aromatic carbocycles. The molecule has 0 spiro atoms. The van der Waals surface area contributed by atoms with Crippen molar-refractivity contribution in [2.75, 3.05) is 19.5 Å². The zero-order valence-electron chi connectivity index (χ0n) is 11.3. The lowest BCUT2D eigenvalue weighted by molar-refractivity contribution is 0.342. The molecule has 0 atom stereocenters. The molecule has 0 aliphatic heterocycles. The Labute approximate surface area is 125 Å². The summed E-state index contributed by atoms with van der Waals surface area (Å²) in [7, 11) is 1.64. The molecular formula is C13H13N5O2S. The molecule has 108 valence electrons. The highest BCUT2D eigenvalue weighted by Crippen LogP contribution is 2.18. The summed E-state index contributed by atoms with van der Waals surface area (Å²) in [4.78, 5) is 0. The molecule has 0 saturated carbocycles. The van der Waals surface area contributed by atoms with Gasteiger partial charge < -0.3 is 9.47 Å². The van der Waals surface area contributed by atoms with Crippen molar-refractivity contribution in [2.24, 2.45) is 0 Å². The SMILES string of the molecule is COc1ccc(OCCSc2ccc3nnnn3n2)cc1. The lowest BCUT2D eigenvalue weighted by Gasteiger charge is -2.06. The number of ether oxygens (including phenoxy) is 2. The topological polar surface area (TPSA) is 74.4 Å². The van der Waals surface area contributed by atoms with Crippen LogP contribution in [0.5, 0.6) is 11.5 Å². The number of methoxy groups -OCH3 is 1. The summed E-state index contributed by atoms with van der Waals surface area (Å²) in [6.45, 7) is 0.590. The first-order chi connectivity index (χ1) is 10.3. The number of thioether (sulfide) groups is 1. The maximum Gasteiger partial charge on any atom is 0.200 e. The van der Waals surface area contributed by atoms with Gasteiger partial charge in [-0.05, 0) is 46.8 Å². The summed E-state index contributed by atoms with van der Waals surface area (Å²) >= 11 is 1.59. The van der Waals surface area contributed by atoms with Gasteiger partial charge in [0.05, 0.1) is 13.7 Å². The van der Waals surface area contributed by atoms with E-state index in [2.05, 4.69) is 20.6 Å². The maximum atomic E-state index is 5.65. The van der Waals surface area contributed by atoms with E-state index >= 15 is 0 Å². The van der Waals surface area contributed by atoms with E-state index in [9.17, 15) is 0 Å². The van der Waals surface area contributed by atoms with Crippen molar-refractivity contribution in [1.29, 1.82) is 0 Å². The van der Waals surface area contributed by atoms with Gasteiger partial charge in [0.2, 0.25) is 0 Å². The van der Waals surface area contributed by atoms with Gasteiger partial charge in [0.25, 0.3) is 0 Å². The van der Waals surface area contributed by atoms with Gasteiger partial charge in [0.15, 0.2) is 5.65 Å². The summed E-state index contributed by atoms with van der Waals surface area (Å²) < 4.78 is 12.2. The second kappa shape index (κ2) is 6.40. The number of hydrogen-bond acceptors (Lipinski definition) is 7. The summed E-state index contributed by atoms with van der Waals surface area (Å²) in [5, 5.41) is 16.2. The number of rotatable bonds is 6.